The summed E-state index contributed by atoms with van der Waals surface area (Å²) < 4.78 is 18.0. The van der Waals surface area contributed by atoms with Crippen molar-refractivity contribution >= 4 is 9.92 Å². The Balaban J connectivity index is 2.52. The molecular formula is C10H23N3OS. The fourth-order valence-electron chi connectivity index (χ4n) is 1.76. The molecule has 3 atom stereocenters. The highest BCUT2D eigenvalue weighted by Gasteiger charge is 2.18. The maximum Gasteiger partial charge on any atom is 0.106 e. The van der Waals surface area contributed by atoms with Gasteiger partial charge in [0.2, 0.25) is 0 Å². The molecule has 1 N–H and O–H groups in total. The molecule has 0 aliphatic carbocycles. The molecule has 1 fully saturated rings. The first-order valence-corrected chi connectivity index (χ1v) is 7.38. The molecule has 3 unspecified atom stereocenters. The van der Waals surface area contributed by atoms with Crippen molar-refractivity contribution in [3.05, 3.63) is 0 Å². The lowest BCUT2D eigenvalue weighted by molar-refractivity contribution is 0.322. The molecule has 0 radical (unpaired) electrons. The normalized spacial score (nSPS) is 31.3. The van der Waals surface area contributed by atoms with Gasteiger partial charge in [0, 0.05) is 26.4 Å². The zero-order valence-electron chi connectivity index (χ0n) is 10.2. The summed E-state index contributed by atoms with van der Waals surface area (Å²) in [5, 5.41) is 3.41. The fourth-order valence-corrected chi connectivity index (χ4v) is 2.48. The fraction of sp³-hybridized carbons (Fsp3) is 1.00. The average Bonchev–Trinajstić information content (AvgIpc) is 2.15. The Labute approximate surface area is 93.7 Å². The van der Waals surface area contributed by atoms with Crippen LogP contribution < -0.4 is 5.32 Å². The molecule has 1 aliphatic heterocycles. The molecule has 1 saturated heterocycles. The molecule has 0 saturated carbocycles. The van der Waals surface area contributed by atoms with Crippen LogP contribution in [0.3, 0.4) is 0 Å². The van der Waals surface area contributed by atoms with Crippen LogP contribution in [0.15, 0.2) is 4.36 Å². The van der Waals surface area contributed by atoms with E-state index < -0.39 is 9.92 Å². The molecule has 15 heavy (non-hydrogen) atoms. The van der Waals surface area contributed by atoms with Crippen molar-refractivity contribution in [1.82, 2.24) is 9.62 Å². The van der Waals surface area contributed by atoms with Crippen molar-refractivity contribution in [3.8, 4) is 0 Å². The minimum atomic E-state index is -2.13. The van der Waals surface area contributed by atoms with E-state index in [4.69, 9.17) is 0 Å². The Hall–Kier alpha value is -0.130. The molecule has 1 aliphatic rings. The summed E-state index contributed by atoms with van der Waals surface area (Å²) in [6.07, 6.45) is 4.00. The minimum absolute atomic E-state index is 0.575. The number of piperidine rings is 1. The van der Waals surface area contributed by atoms with Crippen LogP contribution in [-0.4, -0.2) is 48.0 Å². The van der Waals surface area contributed by atoms with Crippen molar-refractivity contribution in [2.75, 3.05) is 33.4 Å². The van der Waals surface area contributed by atoms with Gasteiger partial charge in [0.05, 0.1) is 6.54 Å². The van der Waals surface area contributed by atoms with Gasteiger partial charge in [-0.25, -0.2) is 12.9 Å². The van der Waals surface area contributed by atoms with Crippen molar-refractivity contribution in [2.24, 2.45) is 10.3 Å². The van der Waals surface area contributed by atoms with Gasteiger partial charge >= 0.3 is 0 Å². The zero-order valence-corrected chi connectivity index (χ0v) is 11.0. The Morgan fingerprint density at radius 1 is 1.53 bits per heavy atom. The Bertz CT molecular complexity index is 308. The van der Waals surface area contributed by atoms with Crippen molar-refractivity contribution in [1.29, 1.82) is 0 Å². The van der Waals surface area contributed by atoms with E-state index in [1.54, 1.807) is 10.6 Å². The number of nitrogens with zero attached hydrogens (tertiary/aromatic N) is 2. The van der Waals surface area contributed by atoms with Gasteiger partial charge in [0.15, 0.2) is 0 Å². The number of nitrogens with one attached hydrogen (secondary N) is 1. The highest BCUT2D eigenvalue weighted by Crippen LogP contribution is 2.16. The van der Waals surface area contributed by atoms with E-state index in [0.29, 0.717) is 12.0 Å². The summed E-state index contributed by atoms with van der Waals surface area (Å²) in [6, 6.07) is 0.575. The lowest BCUT2D eigenvalue weighted by Gasteiger charge is -2.27. The lowest BCUT2D eigenvalue weighted by Crippen LogP contribution is -2.36. The Morgan fingerprint density at radius 2 is 2.20 bits per heavy atom. The largest absolute Gasteiger partial charge is 0.314 e. The van der Waals surface area contributed by atoms with Gasteiger partial charge in [0.1, 0.15) is 9.92 Å². The second-order valence-electron chi connectivity index (χ2n) is 4.63. The quantitative estimate of drug-likeness (QED) is 0.789. The molecular weight excluding hydrogens is 210 g/mol. The van der Waals surface area contributed by atoms with Crippen molar-refractivity contribution < 1.29 is 4.21 Å². The van der Waals surface area contributed by atoms with E-state index in [1.165, 1.54) is 0 Å². The zero-order chi connectivity index (χ0) is 11.5. The first kappa shape index (κ1) is 12.9. The van der Waals surface area contributed by atoms with Gasteiger partial charge in [-0.05, 0) is 32.2 Å². The number of hydrogen-bond donors (Lipinski definition) is 1. The third-order valence-electron chi connectivity index (χ3n) is 2.98. The van der Waals surface area contributed by atoms with Crippen LogP contribution >= 0.6 is 0 Å². The molecule has 0 aromatic heterocycles. The van der Waals surface area contributed by atoms with E-state index in [0.717, 1.165) is 25.9 Å². The molecule has 1 heterocycles. The molecule has 5 heteroatoms. The first-order chi connectivity index (χ1) is 6.92. The molecule has 90 valence electrons. The highest BCUT2D eigenvalue weighted by atomic mass is 32.2. The maximum atomic E-state index is 12.0. The van der Waals surface area contributed by atoms with Crippen LogP contribution in [-0.2, 0) is 9.92 Å². The predicted octanol–water partition coefficient (Wildman–Crippen LogP) is 0.949. The first-order valence-electron chi connectivity index (χ1n) is 5.50. The van der Waals surface area contributed by atoms with Gasteiger partial charge in [-0.15, -0.1) is 0 Å². The average molecular weight is 233 g/mol. The second-order valence-corrected chi connectivity index (χ2v) is 7.15. The molecule has 0 aromatic rings. The Morgan fingerprint density at radius 3 is 2.73 bits per heavy atom. The summed E-state index contributed by atoms with van der Waals surface area (Å²) in [6.45, 7) is 4.00. The topological polar surface area (TPSA) is 44.7 Å². The highest BCUT2D eigenvalue weighted by molar-refractivity contribution is 7.90. The third-order valence-corrected chi connectivity index (χ3v) is 4.97. The third kappa shape index (κ3) is 4.09. The summed E-state index contributed by atoms with van der Waals surface area (Å²) in [7, 11) is 1.51. The van der Waals surface area contributed by atoms with Crippen LogP contribution in [0.25, 0.3) is 0 Å². The van der Waals surface area contributed by atoms with Crippen LogP contribution in [0.2, 0.25) is 0 Å². The number of rotatable bonds is 3. The minimum Gasteiger partial charge on any atom is -0.314 e. The summed E-state index contributed by atoms with van der Waals surface area (Å²) in [4.78, 5) is 0. The maximum absolute atomic E-state index is 12.0. The smallest absolute Gasteiger partial charge is 0.106 e. The van der Waals surface area contributed by atoms with Gasteiger partial charge in [-0.1, -0.05) is 0 Å². The molecule has 0 spiro atoms. The molecule has 0 amide bonds. The molecule has 0 aromatic carbocycles. The van der Waals surface area contributed by atoms with Crippen LogP contribution in [0, 0.1) is 5.92 Å². The van der Waals surface area contributed by atoms with Crippen molar-refractivity contribution in [2.45, 2.75) is 25.8 Å². The number of hydrogen-bond acceptors (Lipinski definition) is 3. The van der Waals surface area contributed by atoms with Gasteiger partial charge in [0.25, 0.3) is 0 Å². The van der Waals surface area contributed by atoms with E-state index in [1.807, 2.05) is 14.1 Å². The van der Waals surface area contributed by atoms with Gasteiger partial charge in [-0.2, -0.15) is 0 Å². The molecule has 4 nitrogen and oxygen atoms in total. The molecule has 1 rings (SSSR count). The van der Waals surface area contributed by atoms with Crippen LogP contribution in [0.4, 0.5) is 0 Å². The second kappa shape index (κ2) is 5.27. The van der Waals surface area contributed by atoms with E-state index >= 15 is 0 Å². The lowest BCUT2D eigenvalue weighted by atomic mass is 9.94. The van der Waals surface area contributed by atoms with Crippen LogP contribution in [0.5, 0.6) is 0 Å². The summed E-state index contributed by atoms with van der Waals surface area (Å²) in [5.41, 5.74) is 0. The summed E-state index contributed by atoms with van der Waals surface area (Å²) >= 11 is 0. The summed E-state index contributed by atoms with van der Waals surface area (Å²) in [5.74, 6) is 0.599. The van der Waals surface area contributed by atoms with E-state index in [2.05, 4.69) is 16.6 Å². The van der Waals surface area contributed by atoms with E-state index in [-0.39, 0.29) is 0 Å². The predicted molar refractivity (Wildman–Crippen MR) is 65.2 cm³/mol. The Kier molecular flexibility index (Phi) is 4.55. The standard InChI is InChI=1S/C10H23N3OS/c1-9-7-10(5-6-11-9)8-12-15(4,14)13(2)3/h9-11H,5-8H2,1-4H3. The van der Waals surface area contributed by atoms with Crippen molar-refractivity contribution in [3.63, 3.8) is 0 Å². The van der Waals surface area contributed by atoms with Gasteiger partial charge < -0.3 is 5.32 Å². The van der Waals surface area contributed by atoms with Gasteiger partial charge in [-0.3, -0.25) is 0 Å². The molecule has 0 bridgehead atoms. The van der Waals surface area contributed by atoms with E-state index in [9.17, 15) is 4.21 Å². The SMILES string of the molecule is CC1CC(CN=S(C)(=O)N(C)C)CCN1. The monoisotopic (exact) mass is 233 g/mol. The van der Waals surface area contributed by atoms with Crippen LogP contribution in [0.1, 0.15) is 19.8 Å².